The van der Waals surface area contributed by atoms with Gasteiger partial charge >= 0.3 is 0 Å². The summed E-state index contributed by atoms with van der Waals surface area (Å²) in [6.07, 6.45) is 5.20. The second kappa shape index (κ2) is 5.83. The fraction of sp³-hybridized carbons (Fsp3) is 1.00. The summed E-state index contributed by atoms with van der Waals surface area (Å²) in [5.41, 5.74) is -0.143. The fourth-order valence-electron chi connectivity index (χ4n) is 1.85. The highest BCUT2D eigenvalue weighted by molar-refractivity contribution is 4.91. The molecular weight excluding hydrogens is 188 g/mol. The van der Waals surface area contributed by atoms with Gasteiger partial charge < -0.3 is 10.4 Å². The Hall–Kier alpha value is -0.120. The predicted molar refractivity (Wildman–Crippen MR) is 64.1 cm³/mol. The third-order valence-electron chi connectivity index (χ3n) is 3.37. The minimum atomic E-state index is -0.143. The van der Waals surface area contributed by atoms with Gasteiger partial charge in [0.15, 0.2) is 0 Å². The van der Waals surface area contributed by atoms with E-state index < -0.39 is 0 Å². The van der Waals surface area contributed by atoms with E-state index in [0.717, 1.165) is 12.6 Å². The molecule has 0 aromatic rings. The van der Waals surface area contributed by atoms with Crippen LogP contribution in [-0.2, 0) is 0 Å². The number of nitrogens with one attached hydrogen (secondary N) is 1. The van der Waals surface area contributed by atoms with Crippen molar-refractivity contribution < 1.29 is 5.11 Å². The zero-order valence-electron chi connectivity index (χ0n) is 10.4. The molecule has 0 bridgehead atoms. The number of hydrogen-bond acceptors (Lipinski definition) is 3. The number of likely N-dealkylation sites (N-methyl/N-ethyl adjacent to an activating group) is 1. The van der Waals surface area contributed by atoms with Gasteiger partial charge in [-0.3, -0.25) is 4.90 Å². The Morgan fingerprint density at radius 3 is 2.53 bits per heavy atom. The summed E-state index contributed by atoms with van der Waals surface area (Å²) < 4.78 is 0. The lowest BCUT2D eigenvalue weighted by atomic mass is 10.0. The van der Waals surface area contributed by atoms with Crippen LogP contribution in [0.1, 0.15) is 39.5 Å². The second-order valence-corrected chi connectivity index (χ2v) is 5.02. The molecule has 1 saturated carbocycles. The molecule has 0 heterocycles. The molecule has 90 valence electrons. The van der Waals surface area contributed by atoms with Gasteiger partial charge in [-0.05, 0) is 39.8 Å². The van der Waals surface area contributed by atoms with E-state index in [9.17, 15) is 5.11 Å². The predicted octanol–water partition coefficient (Wildman–Crippen LogP) is 1.22. The van der Waals surface area contributed by atoms with Crippen molar-refractivity contribution in [2.45, 2.75) is 51.1 Å². The van der Waals surface area contributed by atoms with Gasteiger partial charge in [-0.25, -0.2) is 0 Å². The Kier molecular flexibility index (Phi) is 5.03. The molecule has 1 unspecified atom stereocenters. The zero-order valence-corrected chi connectivity index (χ0v) is 10.4. The maximum absolute atomic E-state index is 9.37. The first-order chi connectivity index (χ1) is 7.15. The van der Waals surface area contributed by atoms with Gasteiger partial charge in [0, 0.05) is 12.6 Å². The van der Waals surface area contributed by atoms with Crippen LogP contribution in [0.25, 0.3) is 0 Å². The highest BCUT2D eigenvalue weighted by atomic mass is 16.3. The van der Waals surface area contributed by atoms with Crippen molar-refractivity contribution in [1.82, 2.24) is 10.2 Å². The highest BCUT2D eigenvalue weighted by Crippen LogP contribution is 2.28. The number of rotatable bonds is 8. The van der Waals surface area contributed by atoms with Gasteiger partial charge in [-0.2, -0.15) is 0 Å². The Morgan fingerprint density at radius 2 is 2.13 bits per heavy atom. The van der Waals surface area contributed by atoms with Gasteiger partial charge in [-0.1, -0.05) is 13.3 Å². The Bertz CT molecular complexity index is 176. The summed E-state index contributed by atoms with van der Waals surface area (Å²) in [4.78, 5) is 2.54. The first kappa shape index (κ1) is 12.9. The molecule has 3 heteroatoms. The van der Waals surface area contributed by atoms with Gasteiger partial charge in [0.05, 0.1) is 12.1 Å². The standard InChI is InChI=1S/C12H26N2O/c1-4-5-8-14(11-6-7-11)9-12(2,10-15)13-3/h11,13,15H,4-10H2,1-3H3. The molecule has 0 aromatic heterocycles. The SMILES string of the molecule is CCCCN(CC(C)(CO)NC)C1CC1. The smallest absolute Gasteiger partial charge is 0.0623 e. The molecule has 3 nitrogen and oxygen atoms in total. The van der Waals surface area contributed by atoms with Crippen LogP contribution >= 0.6 is 0 Å². The molecular formula is C12H26N2O. The monoisotopic (exact) mass is 214 g/mol. The average Bonchev–Trinajstić information content (AvgIpc) is 3.07. The zero-order chi connectivity index (χ0) is 11.3. The van der Waals surface area contributed by atoms with Crippen LogP contribution in [0, 0.1) is 0 Å². The number of nitrogens with zero attached hydrogens (tertiary/aromatic N) is 1. The molecule has 1 aliphatic carbocycles. The summed E-state index contributed by atoms with van der Waals surface area (Å²) in [5.74, 6) is 0. The molecule has 0 amide bonds. The molecule has 1 atom stereocenters. The number of hydrogen-bond donors (Lipinski definition) is 2. The Morgan fingerprint density at radius 1 is 1.47 bits per heavy atom. The van der Waals surface area contributed by atoms with Crippen molar-refractivity contribution in [3.63, 3.8) is 0 Å². The molecule has 1 aliphatic rings. The van der Waals surface area contributed by atoms with Crippen LogP contribution in [0.2, 0.25) is 0 Å². The first-order valence-electron chi connectivity index (χ1n) is 6.19. The first-order valence-corrected chi connectivity index (χ1v) is 6.19. The third-order valence-corrected chi connectivity index (χ3v) is 3.37. The second-order valence-electron chi connectivity index (χ2n) is 5.02. The number of aliphatic hydroxyl groups is 1. The van der Waals surface area contributed by atoms with Gasteiger partial charge in [0.2, 0.25) is 0 Å². The van der Waals surface area contributed by atoms with Gasteiger partial charge in [0.25, 0.3) is 0 Å². The van der Waals surface area contributed by atoms with E-state index in [0.29, 0.717) is 0 Å². The van der Waals surface area contributed by atoms with Crippen molar-refractivity contribution in [3.05, 3.63) is 0 Å². The van der Waals surface area contributed by atoms with Crippen LogP contribution in [-0.4, -0.2) is 48.3 Å². The maximum atomic E-state index is 9.37. The Labute approximate surface area is 93.9 Å². The van der Waals surface area contributed by atoms with E-state index in [4.69, 9.17) is 0 Å². The molecule has 15 heavy (non-hydrogen) atoms. The van der Waals surface area contributed by atoms with Crippen molar-refractivity contribution in [2.75, 3.05) is 26.7 Å². The highest BCUT2D eigenvalue weighted by Gasteiger charge is 2.33. The van der Waals surface area contributed by atoms with Crippen LogP contribution in [0.5, 0.6) is 0 Å². The van der Waals surface area contributed by atoms with E-state index in [2.05, 4.69) is 24.1 Å². The van der Waals surface area contributed by atoms with Gasteiger partial charge in [0.1, 0.15) is 0 Å². The summed E-state index contributed by atoms with van der Waals surface area (Å²) in [6.45, 7) is 6.67. The lowest BCUT2D eigenvalue weighted by Crippen LogP contribution is -2.53. The van der Waals surface area contributed by atoms with E-state index in [1.54, 1.807) is 0 Å². The lowest BCUT2D eigenvalue weighted by Gasteiger charge is -2.34. The van der Waals surface area contributed by atoms with Crippen LogP contribution in [0.4, 0.5) is 0 Å². The van der Waals surface area contributed by atoms with E-state index in [1.807, 2.05) is 7.05 Å². The maximum Gasteiger partial charge on any atom is 0.0623 e. The largest absolute Gasteiger partial charge is 0.394 e. The van der Waals surface area contributed by atoms with Crippen LogP contribution in [0.3, 0.4) is 0 Å². The molecule has 2 N–H and O–H groups in total. The lowest BCUT2D eigenvalue weighted by molar-refractivity contribution is 0.120. The van der Waals surface area contributed by atoms with Crippen molar-refractivity contribution in [1.29, 1.82) is 0 Å². The third kappa shape index (κ3) is 4.09. The number of unbranched alkanes of at least 4 members (excludes halogenated alkanes) is 1. The van der Waals surface area contributed by atoms with E-state index in [1.165, 1.54) is 32.2 Å². The van der Waals surface area contributed by atoms with Crippen molar-refractivity contribution >= 4 is 0 Å². The minimum absolute atomic E-state index is 0.143. The number of aliphatic hydroxyl groups excluding tert-OH is 1. The molecule has 0 aliphatic heterocycles. The molecule has 1 rings (SSSR count). The molecule has 0 radical (unpaired) electrons. The summed E-state index contributed by atoms with van der Waals surface area (Å²) in [5, 5.41) is 12.6. The summed E-state index contributed by atoms with van der Waals surface area (Å²) in [6, 6.07) is 0.788. The average molecular weight is 214 g/mol. The summed E-state index contributed by atoms with van der Waals surface area (Å²) >= 11 is 0. The fourth-order valence-corrected chi connectivity index (χ4v) is 1.85. The minimum Gasteiger partial charge on any atom is -0.394 e. The van der Waals surface area contributed by atoms with Crippen molar-refractivity contribution in [2.24, 2.45) is 0 Å². The molecule has 1 fully saturated rings. The van der Waals surface area contributed by atoms with Crippen LogP contribution in [0.15, 0.2) is 0 Å². The van der Waals surface area contributed by atoms with E-state index >= 15 is 0 Å². The van der Waals surface area contributed by atoms with E-state index in [-0.39, 0.29) is 12.1 Å². The Balaban J connectivity index is 2.41. The topological polar surface area (TPSA) is 35.5 Å². The van der Waals surface area contributed by atoms with Gasteiger partial charge in [-0.15, -0.1) is 0 Å². The van der Waals surface area contributed by atoms with Crippen LogP contribution < -0.4 is 5.32 Å². The van der Waals surface area contributed by atoms with Crippen molar-refractivity contribution in [3.8, 4) is 0 Å². The quantitative estimate of drug-likeness (QED) is 0.638. The summed E-state index contributed by atoms with van der Waals surface area (Å²) in [7, 11) is 1.93. The molecule has 0 spiro atoms. The normalized spacial score (nSPS) is 20.6. The molecule has 0 saturated heterocycles. The molecule has 0 aromatic carbocycles.